The van der Waals surface area contributed by atoms with Gasteiger partial charge < -0.3 is 9.84 Å². The van der Waals surface area contributed by atoms with Crippen LogP contribution in [-0.4, -0.2) is 53.2 Å². The number of benzene rings is 3. The van der Waals surface area contributed by atoms with Crippen LogP contribution in [0.2, 0.25) is 0 Å². The van der Waals surface area contributed by atoms with Gasteiger partial charge in [0.05, 0.1) is 33.9 Å². The van der Waals surface area contributed by atoms with Gasteiger partial charge in [-0.1, -0.05) is 32.0 Å². The third kappa shape index (κ3) is 5.76. The van der Waals surface area contributed by atoms with Crippen LogP contribution in [-0.2, 0) is 10.0 Å². The average molecular weight is 580 g/mol. The van der Waals surface area contributed by atoms with Crippen LogP contribution in [0, 0.1) is 10.1 Å². The zero-order valence-corrected chi connectivity index (χ0v) is 23.5. The van der Waals surface area contributed by atoms with Crippen LogP contribution in [0.4, 0.5) is 11.4 Å². The van der Waals surface area contributed by atoms with Crippen LogP contribution in [0.25, 0.3) is 16.5 Å². The number of hydrogen-bond acceptors (Lipinski definition) is 9. The number of nitrogens with zero attached hydrogens (tertiary/aromatic N) is 4. The zero-order chi connectivity index (χ0) is 29.7. The molecule has 41 heavy (non-hydrogen) atoms. The first kappa shape index (κ1) is 29.2. The molecule has 1 aromatic heterocycles. The minimum Gasteiger partial charge on any atom is -0.494 e. The van der Waals surface area contributed by atoms with Gasteiger partial charge in [-0.05, 0) is 49.4 Å². The van der Waals surface area contributed by atoms with Crippen molar-refractivity contribution in [3.8, 4) is 17.3 Å². The van der Waals surface area contributed by atoms with Crippen LogP contribution < -0.4 is 15.7 Å². The fraction of sp³-hybridized carbons (Fsp3) is 0.214. The van der Waals surface area contributed by atoms with E-state index in [-0.39, 0.29) is 29.2 Å². The first-order chi connectivity index (χ1) is 19.6. The summed E-state index contributed by atoms with van der Waals surface area (Å²) in [6.45, 7) is 6.11. The Bertz CT molecular complexity index is 1780. The summed E-state index contributed by atoms with van der Waals surface area (Å²) < 4.78 is 33.5. The minimum atomic E-state index is -3.92. The number of nitro benzene ring substituents is 1. The van der Waals surface area contributed by atoms with E-state index in [0.29, 0.717) is 28.8 Å². The molecule has 0 atom stereocenters. The van der Waals surface area contributed by atoms with Gasteiger partial charge in [-0.3, -0.25) is 20.3 Å². The molecule has 1 heterocycles. The predicted molar refractivity (Wildman–Crippen MR) is 157 cm³/mol. The molecule has 4 aromatic rings. The molecule has 214 valence electrons. The summed E-state index contributed by atoms with van der Waals surface area (Å²) >= 11 is 0. The van der Waals surface area contributed by atoms with E-state index >= 15 is 0 Å². The van der Waals surface area contributed by atoms with Gasteiger partial charge in [-0.2, -0.15) is 9.41 Å². The Morgan fingerprint density at radius 2 is 1.71 bits per heavy atom. The number of sulfonamides is 1. The number of rotatable bonds is 11. The number of nitro groups is 1. The molecule has 2 N–H and O–H groups in total. The van der Waals surface area contributed by atoms with Gasteiger partial charge in [0.2, 0.25) is 15.9 Å². The van der Waals surface area contributed by atoms with Gasteiger partial charge in [0.15, 0.2) is 0 Å². The third-order valence-corrected chi connectivity index (χ3v) is 8.44. The molecule has 12 nitrogen and oxygen atoms in total. The van der Waals surface area contributed by atoms with Gasteiger partial charge in [-0.25, -0.2) is 13.0 Å². The highest BCUT2D eigenvalue weighted by atomic mass is 32.2. The number of anilines is 1. The summed E-state index contributed by atoms with van der Waals surface area (Å²) in [7, 11) is -3.92. The molecule has 3 aromatic carbocycles. The summed E-state index contributed by atoms with van der Waals surface area (Å²) in [5.41, 5.74) is 2.14. The van der Waals surface area contributed by atoms with Crippen molar-refractivity contribution in [3.63, 3.8) is 0 Å². The van der Waals surface area contributed by atoms with Crippen molar-refractivity contribution in [1.82, 2.24) is 8.87 Å². The molecule has 4 rings (SSSR count). The molecule has 0 fully saturated rings. The van der Waals surface area contributed by atoms with Crippen LogP contribution in [0.15, 0.2) is 81.5 Å². The average Bonchev–Trinajstić information content (AvgIpc) is 2.96. The minimum absolute atomic E-state index is 0.0617. The van der Waals surface area contributed by atoms with E-state index < -0.39 is 32.1 Å². The smallest absolute Gasteiger partial charge is 0.295 e. The highest BCUT2D eigenvalue weighted by molar-refractivity contribution is 7.89. The number of fused-ring (bicyclic) bond motifs is 1. The van der Waals surface area contributed by atoms with Crippen LogP contribution in [0.5, 0.6) is 11.6 Å². The Kier molecular flexibility index (Phi) is 8.69. The van der Waals surface area contributed by atoms with Gasteiger partial charge >= 0.3 is 0 Å². The first-order valence-electron chi connectivity index (χ1n) is 12.8. The molecule has 0 saturated heterocycles. The fourth-order valence-corrected chi connectivity index (χ4v) is 5.86. The van der Waals surface area contributed by atoms with Crippen LogP contribution in [0.3, 0.4) is 0 Å². The lowest BCUT2D eigenvalue weighted by Crippen LogP contribution is -2.30. The SMILES string of the molecule is CCOc1ccc(-n2c(O)c(C=NNc3ccc(S(=O)(=O)N(CC)CC)cc3[N+](=O)[O-])c3ccccc3c2=O)cc1. The van der Waals surface area contributed by atoms with Crippen molar-refractivity contribution < 1.29 is 23.2 Å². The Morgan fingerprint density at radius 1 is 1.05 bits per heavy atom. The van der Waals surface area contributed by atoms with E-state index in [2.05, 4.69) is 10.5 Å². The number of pyridine rings is 1. The summed E-state index contributed by atoms with van der Waals surface area (Å²) in [5, 5.41) is 27.8. The standard InChI is InChI=1S/C28H29N5O7S/c1-4-31(5-2)41(38,39)21-15-16-25(26(17-21)33(36)37)30-29-18-24-22-9-7-8-10-23(22)27(34)32(28(24)35)19-11-13-20(14-12-19)40-6-3/h7-18,30,35H,4-6H2,1-3H3. The number of aromatic hydroxyl groups is 1. The van der Waals surface area contributed by atoms with E-state index in [4.69, 9.17) is 4.74 Å². The highest BCUT2D eigenvalue weighted by Crippen LogP contribution is 2.30. The topological polar surface area (TPSA) is 156 Å². The molecular weight excluding hydrogens is 550 g/mol. The number of hydrogen-bond donors (Lipinski definition) is 2. The molecule has 13 heteroatoms. The lowest BCUT2D eigenvalue weighted by molar-refractivity contribution is -0.384. The molecular formula is C28H29N5O7S. The maximum atomic E-state index is 13.3. The van der Waals surface area contributed by atoms with Crippen molar-refractivity contribution >= 4 is 38.4 Å². The molecule has 0 saturated carbocycles. The van der Waals surface area contributed by atoms with E-state index in [1.54, 1.807) is 62.4 Å². The maximum Gasteiger partial charge on any atom is 0.295 e. The number of hydrazone groups is 1. The van der Waals surface area contributed by atoms with E-state index in [9.17, 15) is 28.4 Å². The molecule has 0 aliphatic heterocycles. The lowest BCUT2D eigenvalue weighted by atomic mass is 10.1. The summed E-state index contributed by atoms with van der Waals surface area (Å²) in [5.74, 6) is 0.214. The molecule has 0 unspecified atom stereocenters. The van der Waals surface area contributed by atoms with Gasteiger partial charge in [0, 0.05) is 29.9 Å². The van der Waals surface area contributed by atoms with Gasteiger partial charge in [-0.15, -0.1) is 0 Å². The predicted octanol–water partition coefficient (Wildman–Crippen LogP) is 4.48. The number of nitrogens with one attached hydrogen (secondary N) is 1. The number of ether oxygens (including phenoxy) is 1. The zero-order valence-electron chi connectivity index (χ0n) is 22.6. The monoisotopic (exact) mass is 579 g/mol. The lowest BCUT2D eigenvalue weighted by Gasteiger charge is -2.18. The third-order valence-electron chi connectivity index (χ3n) is 6.40. The number of aromatic nitrogens is 1. The quantitative estimate of drug-likeness (QED) is 0.150. The van der Waals surface area contributed by atoms with Crippen molar-refractivity contribution in [2.24, 2.45) is 5.10 Å². The molecule has 0 aliphatic carbocycles. The first-order valence-corrected chi connectivity index (χ1v) is 14.3. The van der Waals surface area contributed by atoms with Crippen LogP contribution >= 0.6 is 0 Å². The second kappa shape index (κ2) is 12.2. The molecule has 0 aliphatic rings. The van der Waals surface area contributed by atoms with Gasteiger partial charge in [0.1, 0.15) is 11.4 Å². The van der Waals surface area contributed by atoms with Crippen molar-refractivity contribution in [3.05, 3.63) is 92.8 Å². The van der Waals surface area contributed by atoms with Crippen molar-refractivity contribution in [2.75, 3.05) is 25.1 Å². The largest absolute Gasteiger partial charge is 0.494 e. The van der Waals surface area contributed by atoms with Crippen molar-refractivity contribution in [2.45, 2.75) is 25.7 Å². The molecule has 0 spiro atoms. The van der Waals surface area contributed by atoms with E-state index in [0.717, 1.165) is 10.6 Å². The molecule has 0 amide bonds. The Morgan fingerprint density at radius 3 is 2.32 bits per heavy atom. The summed E-state index contributed by atoms with van der Waals surface area (Å²) in [6.07, 6.45) is 1.24. The second-order valence-electron chi connectivity index (χ2n) is 8.75. The Labute approximate surface area is 236 Å². The normalized spacial score (nSPS) is 11.8. The van der Waals surface area contributed by atoms with Crippen LogP contribution in [0.1, 0.15) is 26.3 Å². The molecule has 0 bridgehead atoms. The van der Waals surface area contributed by atoms with Gasteiger partial charge in [0.25, 0.3) is 11.2 Å². The summed E-state index contributed by atoms with van der Waals surface area (Å²) in [6, 6.07) is 16.8. The Balaban J connectivity index is 1.76. The maximum absolute atomic E-state index is 13.3. The van der Waals surface area contributed by atoms with Crippen molar-refractivity contribution in [1.29, 1.82) is 0 Å². The van der Waals surface area contributed by atoms with E-state index in [1.807, 2.05) is 6.92 Å². The highest BCUT2D eigenvalue weighted by Gasteiger charge is 2.26. The second-order valence-corrected chi connectivity index (χ2v) is 10.7. The fourth-order valence-electron chi connectivity index (χ4n) is 4.38. The Hall–Kier alpha value is -4.75. The molecule has 0 radical (unpaired) electrons. The summed E-state index contributed by atoms with van der Waals surface area (Å²) in [4.78, 5) is 24.2. The van der Waals surface area contributed by atoms with E-state index in [1.165, 1.54) is 22.7 Å².